The SMILES string of the molecule is C[C@]1(CCOS(C)(=O)=O)Cc2cc(NC(=O)c3cnn4cccnc34)c(N3CCOCC3)cc2O1. The molecule has 2 aromatic heterocycles. The van der Waals surface area contributed by atoms with Crippen LogP contribution < -0.4 is 15.0 Å². The first-order chi connectivity index (χ1) is 16.7. The van der Waals surface area contributed by atoms with E-state index in [0.717, 1.165) is 17.5 Å². The van der Waals surface area contributed by atoms with E-state index < -0.39 is 15.7 Å². The highest BCUT2D eigenvalue weighted by Gasteiger charge is 2.36. The third-order valence-corrected chi connectivity index (χ3v) is 6.75. The van der Waals surface area contributed by atoms with Gasteiger partial charge in [-0.3, -0.25) is 8.98 Å². The Kier molecular flexibility index (Phi) is 6.11. The second-order valence-electron chi connectivity index (χ2n) is 8.98. The maximum absolute atomic E-state index is 13.2. The summed E-state index contributed by atoms with van der Waals surface area (Å²) in [5.41, 5.74) is 2.65. The van der Waals surface area contributed by atoms with E-state index >= 15 is 0 Å². The summed E-state index contributed by atoms with van der Waals surface area (Å²) in [5.74, 6) is 0.403. The molecule has 1 N–H and O–H groups in total. The van der Waals surface area contributed by atoms with E-state index in [1.807, 2.05) is 19.1 Å². The van der Waals surface area contributed by atoms with E-state index in [0.29, 0.717) is 61.8 Å². The van der Waals surface area contributed by atoms with Crippen LogP contribution in [0.4, 0.5) is 11.4 Å². The Hall–Kier alpha value is -3.22. The number of morpholine rings is 1. The minimum atomic E-state index is -3.52. The van der Waals surface area contributed by atoms with Crippen LogP contribution in [0.5, 0.6) is 5.75 Å². The Balaban J connectivity index is 1.43. The van der Waals surface area contributed by atoms with Crippen molar-refractivity contribution in [2.24, 2.45) is 0 Å². The lowest BCUT2D eigenvalue weighted by Crippen LogP contribution is -2.36. The van der Waals surface area contributed by atoms with Crippen LogP contribution in [0.2, 0.25) is 0 Å². The van der Waals surface area contributed by atoms with Crippen LogP contribution in [0.1, 0.15) is 29.3 Å². The molecule has 1 saturated heterocycles. The number of aromatic nitrogens is 3. The number of nitrogens with one attached hydrogen (secondary N) is 1. The Labute approximate surface area is 203 Å². The van der Waals surface area contributed by atoms with Gasteiger partial charge in [-0.05, 0) is 19.1 Å². The van der Waals surface area contributed by atoms with E-state index in [1.54, 1.807) is 23.0 Å². The van der Waals surface area contributed by atoms with Gasteiger partial charge in [0.05, 0.1) is 43.6 Å². The van der Waals surface area contributed by atoms with Gasteiger partial charge in [-0.25, -0.2) is 9.50 Å². The topological polar surface area (TPSA) is 124 Å². The Morgan fingerprint density at radius 2 is 2.09 bits per heavy atom. The number of nitrogens with zero attached hydrogens (tertiary/aromatic N) is 4. The molecule has 1 atom stereocenters. The van der Waals surface area contributed by atoms with E-state index in [4.69, 9.17) is 13.7 Å². The largest absolute Gasteiger partial charge is 0.487 e. The molecule has 0 spiro atoms. The van der Waals surface area contributed by atoms with Crippen LogP contribution in [0, 0.1) is 0 Å². The molecule has 2 aliphatic rings. The number of hydrogen-bond donors (Lipinski definition) is 1. The molecule has 11 nitrogen and oxygen atoms in total. The fourth-order valence-electron chi connectivity index (χ4n) is 4.44. The van der Waals surface area contributed by atoms with Gasteiger partial charge in [0.2, 0.25) is 0 Å². The monoisotopic (exact) mass is 501 g/mol. The van der Waals surface area contributed by atoms with Crippen molar-refractivity contribution in [3.8, 4) is 5.75 Å². The highest BCUT2D eigenvalue weighted by molar-refractivity contribution is 7.85. The number of carbonyl (C=O) groups is 1. The predicted molar refractivity (Wildman–Crippen MR) is 129 cm³/mol. The summed E-state index contributed by atoms with van der Waals surface area (Å²) in [6.07, 6.45) is 6.84. The fourth-order valence-corrected chi connectivity index (χ4v) is 4.83. The molecule has 0 radical (unpaired) electrons. The zero-order valence-electron chi connectivity index (χ0n) is 19.6. The molecule has 1 amide bonds. The van der Waals surface area contributed by atoms with E-state index in [9.17, 15) is 13.2 Å². The van der Waals surface area contributed by atoms with Crippen LogP contribution in [-0.2, 0) is 25.5 Å². The first-order valence-corrected chi connectivity index (χ1v) is 13.2. The lowest BCUT2D eigenvalue weighted by molar-refractivity contribution is 0.0873. The molecule has 0 saturated carbocycles. The smallest absolute Gasteiger partial charge is 0.264 e. The van der Waals surface area contributed by atoms with Crippen molar-refractivity contribution >= 4 is 33.0 Å². The number of fused-ring (bicyclic) bond motifs is 2. The van der Waals surface area contributed by atoms with Gasteiger partial charge in [-0.1, -0.05) is 0 Å². The normalized spacial score (nSPS) is 20.0. The van der Waals surface area contributed by atoms with Crippen LogP contribution >= 0.6 is 0 Å². The summed E-state index contributed by atoms with van der Waals surface area (Å²) in [5, 5.41) is 7.26. The van der Waals surface area contributed by atoms with Crippen LogP contribution in [0.15, 0.2) is 36.8 Å². The molecular formula is C23H27N5O6S. The van der Waals surface area contributed by atoms with E-state index in [-0.39, 0.29) is 12.5 Å². The van der Waals surface area contributed by atoms with Gasteiger partial charge in [-0.15, -0.1) is 0 Å². The highest BCUT2D eigenvalue weighted by atomic mass is 32.2. The number of anilines is 2. The molecule has 1 fully saturated rings. The maximum atomic E-state index is 13.2. The van der Waals surface area contributed by atoms with Crippen molar-refractivity contribution in [2.45, 2.75) is 25.4 Å². The van der Waals surface area contributed by atoms with Crippen molar-refractivity contribution in [2.75, 3.05) is 49.4 Å². The summed E-state index contributed by atoms with van der Waals surface area (Å²) in [6.45, 7) is 4.49. The lowest BCUT2D eigenvalue weighted by Gasteiger charge is -2.31. The zero-order valence-corrected chi connectivity index (χ0v) is 20.4. The van der Waals surface area contributed by atoms with Crippen LogP contribution in [-0.4, -0.2) is 73.7 Å². The highest BCUT2D eigenvalue weighted by Crippen LogP contribution is 2.43. The molecule has 35 heavy (non-hydrogen) atoms. The number of amides is 1. The van der Waals surface area contributed by atoms with Gasteiger partial charge in [0.15, 0.2) is 5.65 Å². The first-order valence-electron chi connectivity index (χ1n) is 11.3. The minimum absolute atomic E-state index is 0.0327. The third-order valence-electron chi connectivity index (χ3n) is 6.15. The van der Waals surface area contributed by atoms with E-state index in [2.05, 4.69) is 20.3 Å². The molecule has 5 rings (SSSR count). The molecule has 0 unspecified atom stereocenters. The van der Waals surface area contributed by atoms with Gasteiger partial charge in [0.1, 0.15) is 16.9 Å². The number of carbonyl (C=O) groups excluding carboxylic acids is 1. The van der Waals surface area contributed by atoms with Crippen molar-refractivity contribution < 1.29 is 26.9 Å². The molecule has 4 heterocycles. The number of hydrogen-bond acceptors (Lipinski definition) is 9. The van der Waals surface area contributed by atoms with Crippen LogP contribution in [0.3, 0.4) is 0 Å². The summed E-state index contributed by atoms with van der Waals surface area (Å²) >= 11 is 0. The first kappa shape index (κ1) is 23.5. The van der Waals surface area contributed by atoms with Gasteiger partial charge in [-0.2, -0.15) is 13.5 Å². The van der Waals surface area contributed by atoms with Crippen molar-refractivity contribution in [3.05, 3.63) is 47.9 Å². The minimum Gasteiger partial charge on any atom is -0.487 e. The summed E-state index contributed by atoms with van der Waals surface area (Å²) in [7, 11) is -3.52. The number of ether oxygens (including phenoxy) is 2. The number of benzene rings is 1. The second kappa shape index (κ2) is 9.10. The molecule has 1 aromatic carbocycles. The fraction of sp³-hybridized carbons (Fsp3) is 0.435. The third kappa shape index (κ3) is 5.09. The molecule has 12 heteroatoms. The molecular weight excluding hydrogens is 474 g/mol. The lowest BCUT2D eigenvalue weighted by atomic mass is 9.95. The Morgan fingerprint density at radius 1 is 1.29 bits per heavy atom. The van der Waals surface area contributed by atoms with Gasteiger partial charge >= 0.3 is 0 Å². The van der Waals surface area contributed by atoms with Crippen LogP contribution in [0.25, 0.3) is 5.65 Å². The second-order valence-corrected chi connectivity index (χ2v) is 10.6. The molecule has 3 aromatic rings. The van der Waals surface area contributed by atoms with Gasteiger partial charge in [0.25, 0.3) is 16.0 Å². The summed E-state index contributed by atoms with van der Waals surface area (Å²) < 4.78 is 40.9. The molecule has 2 aliphatic heterocycles. The molecule has 0 bridgehead atoms. The van der Waals surface area contributed by atoms with Gasteiger partial charge in [0, 0.05) is 50.0 Å². The summed E-state index contributed by atoms with van der Waals surface area (Å²) in [4.78, 5) is 19.7. The maximum Gasteiger partial charge on any atom is 0.264 e. The average molecular weight is 502 g/mol. The molecule has 0 aliphatic carbocycles. The van der Waals surface area contributed by atoms with Crippen molar-refractivity contribution in [3.63, 3.8) is 0 Å². The quantitative estimate of drug-likeness (QED) is 0.483. The Bertz CT molecular complexity index is 1370. The predicted octanol–water partition coefficient (Wildman–Crippen LogP) is 1.88. The van der Waals surface area contributed by atoms with Crippen molar-refractivity contribution in [1.29, 1.82) is 0 Å². The average Bonchev–Trinajstić information content (AvgIpc) is 3.38. The van der Waals surface area contributed by atoms with Gasteiger partial charge < -0.3 is 19.7 Å². The standard InChI is InChI=1S/C23H27N5O6S/c1-23(4-9-33-35(2,30)31)14-16-12-18(19(13-20(16)34-23)27-7-10-32-11-8-27)26-22(29)17-15-25-28-6-3-5-24-21(17)28/h3,5-6,12-13,15H,4,7-11,14H2,1-2H3,(H,26,29)/t23-/m0/s1. The molecule has 186 valence electrons. The zero-order chi connectivity index (χ0) is 24.6. The Morgan fingerprint density at radius 3 is 2.86 bits per heavy atom. The summed E-state index contributed by atoms with van der Waals surface area (Å²) in [6, 6.07) is 5.61. The van der Waals surface area contributed by atoms with Crippen molar-refractivity contribution in [1.82, 2.24) is 14.6 Å². The van der Waals surface area contributed by atoms with E-state index in [1.165, 1.54) is 6.20 Å². The number of rotatable bonds is 7.